The molecule has 0 unspecified atom stereocenters. The first-order chi connectivity index (χ1) is 10.7. The van der Waals surface area contributed by atoms with Crippen molar-refractivity contribution in [1.29, 1.82) is 0 Å². The molecule has 4 nitrogen and oxygen atoms in total. The van der Waals surface area contributed by atoms with Gasteiger partial charge in [-0.05, 0) is 41.0 Å². The molecule has 1 N–H and O–H groups in total. The molecule has 1 aliphatic rings. The quantitative estimate of drug-likeness (QED) is 0.579. The lowest BCUT2D eigenvalue weighted by Gasteiger charge is -2.26. The molecular formula is C17H27BrN2O2Si. The Balaban J connectivity index is 2.23. The predicted molar refractivity (Wildman–Crippen MR) is 103 cm³/mol. The second-order valence-corrected chi connectivity index (χ2v) is 13.7. The van der Waals surface area contributed by atoms with Gasteiger partial charge in [0.2, 0.25) is 0 Å². The maximum absolute atomic E-state index is 9.29. The molecule has 0 aliphatic carbocycles. The number of fused-ring (bicyclic) bond motifs is 1. The van der Waals surface area contributed by atoms with E-state index < -0.39 is 8.07 Å². The van der Waals surface area contributed by atoms with Crippen molar-refractivity contribution in [1.82, 2.24) is 9.47 Å². The molecule has 23 heavy (non-hydrogen) atoms. The summed E-state index contributed by atoms with van der Waals surface area (Å²) in [6.45, 7) is 10.6. The minimum absolute atomic E-state index is 0.0293. The number of halogens is 1. The van der Waals surface area contributed by atoms with E-state index in [2.05, 4.69) is 53.1 Å². The molecule has 0 radical (unpaired) electrons. The van der Waals surface area contributed by atoms with Crippen LogP contribution in [-0.2, 0) is 11.5 Å². The minimum Gasteiger partial charge on any atom is -0.392 e. The second-order valence-electron chi connectivity index (χ2n) is 7.18. The van der Waals surface area contributed by atoms with Gasteiger partial charge < -0.3 is 19.3 Å². The lowest BCUT2D eigenvalue weighted by atomic mass is 10.1. The van der Waals surface area contributed by atoms with Crippen LogP contribution in [0.5, 0.6) is 0 Å². The molecule has 0 bridgehead atoms. The average Bonchev–Trinajstić information content (AvgIpc) is 2.76. The van der Waals surface area contributed by atoms with Gasteiger partial charge in [-0.3, -0.25) is 0 Å². The molecule has 0 saturated carbocycles. The fourth-order valence-corrected chi connectivity index (χ4v) is 4.15. The van der Waals surface area contributed by atoms with E-state index in [1.54, 1.807) is 0 Å². The maximum atomic E-state index is 9.29. The second kappa shape index (κ2) is 7.38. The van der Waals surface area contributed by atoms with Gasteiger partial charge in [0.15, 0.2) is 0 Å². The van der Waals surface area contributed by atoms with Gasteiger partial charge in [-0.2, -0.15) is 0 Å². The first-order valence-corrected chi connectivity index (χ1v) is 12.4. The van der Waals surface area contributed by atoms with Crippen LogP contribution in [0.25, 0.3) is 10.2 Å². The van der Waals surface area contributed by atoms with Crippen molar-refractivity contribution >= 4 is 34.2 Å². The number of aliphatic hydroxyl groups is 1. The summed E-state index contributed by atoms with van der Waals surface area (Å²) in [5.74, 6) is 0. The molecule has 2 heterocycles. The minimum atomic E-state index is -1.06. The Morgan fingerprint density at radius 2 is 2.04 bits per heavy atom. The Kier molecular flexibility index (Phi) is 5.94. The van der Waals surface area contributed by atoms with Crippen LogP contribution in [-0.4, -0.2) is 42.9 Å². The van der Waals surface area contributed by atoms with Gasteiger partial charge in [0.05, 0.1) is 16.8 Å². The van der Waals surface area contributed by atoms with Crippen molar-refractivity contribution in [3.05, 3.63) is 35.3 Å². The van der Waals surface area contributed by atoms with Crippen molar-refractivity contribution in [2.45, 2.75) is 39.3 Å². The molecule has 1 aromatic rings. The molecule has 0 saturated heterocycles. The standard InChI is InChI=1S/C17H27BrN2O2Si/c1-13-10-14-16(6-7-21)19(2)11-15(18)17(14)20(13)12-22-8-9-23(3,4)5/h6,10-11,21H,7-9,12H2,1-5H3/b16-6-. The molecule has 0 atom stereocenters. The smallest absolute Gasteiger partial charge is 0.123 e. The fraction of sp³-hybridized carbons (Fsp3) is 0.529. The zero-order valence-corrected chi connectivity index (χ0v) is 17.3. The molecule has 0 amide bonds. The van der Waals surface area contributed by atoms with Gasteiger partial charge in [-0.25, -0.2) is 0 Å². The van der Waals surface area contributed by atoms with Gasteiger partial charge in [-0.1, -0.05) is 19.6 Å². The SMILES string of the molecule is Cc1cc2c(n1COCC[Si](C)(C)C)C(Br)=CN(C)/C2=C\CO. The highest BCUT2D eigenvalue weighted by atomic mass is 79.9. The van der Waals surface area contributed by atoms with Crippen LogP contribution in [0.15, 0.2) is 18.3 Å². The number of aryl methyl sites for hydroxylation is 1. The van der Waals surface area contributed by atoms with Crippen LogP contribution in [0, 0.1) is 6.92 Å². The highest BCUT2D eigenvalue weighted by molar-refractivity contribution is 9.15. The summed E-state index contributed by atoms with van der Waals surface area (Å²) >= 11 is 3.67. The normalized spacial score (nSPS) is 16.7. The monoisotopic (exact) mass is 398 g/mol. The highest BCUT2D eigenvalue weighted by Gasteiger charge is 2.24. The van der Waals surface area contributed by atoms with E-state index in [0.29, 0.717) is 6.73 Å². The van der Waals surface area contributed by atoms with Crippen molar-refractivity contribution in [2.75, 3.05) is 20.3 Å². The van der Waals surface area contributed by atoms with Gasteiger partial charge in [0, 0.05) is 44.9 Å². The number of hydrogen-bond acceptors (Lipinski definition) is 3. The molecule has 0 spiro atoms. The van der Waals surface area contributed by atoms with E-state index in [-0.39, 0.29) is 6.61 Å². The largest absolute Gasteiger partial charge is 0.392 e. The third-order valence-electron chi connectivity index (χ3n) is 3.99. The molecule has 6 heteroatoms. The third-order valence-corrected chi connectivity index (χ3v) is 6.28. The zero-order chi connectivity index (χ0) is 17.2. The number of ether oxygens (including phenoxy) is 1. The van der Waals surface area contributed by atoms with Crippen LogP contribution >= 0.6 is 15.9 Å². The summed E-state index contributed by atoms with van der Waals surface area (Å²) in [7, 11) is 0.925. The first-order valence-electron chi connectivity index (χ1n) is 7.94. The lowest BCUT2D eigenvalue weighted by molar-refractivity contribution is 0.0857. The Bertz CT molecular complexity index is 629. The highest BCUT2D eigenvalue weighted by Crippen LogP contribution is 2.38. The fourth-order valence-electron chi connectivity index (χ4n) is 2.66. The molecule has 1 aromatic heterocycles. The summed E-state index contributed by atoms with van der Waals surface area (Å²) in [5, 5.41) is 9.29. The van der Waals surface area contributed by atoms with E-state index in [4.69, 9.17) is 4.74 Å². The van der Waals surface area contributed by atoms with E-state index in [1.165, 1.54) is 6.04 Å². The Morgan fingerprint density at radius 1 is 1.35 bits per heavy atom. The summed E-state index contributed by atoms with van der Waals surface area (Å²) in [4.78, 5) is 2.03. The van der Waals surface area contributed by atoms with E-state index >= 15 is 0 Å². The number of hydrogen-bond donors (Lipinski definition) is 1. The first kappa shape index (κ1) is 18.5. The van der Waals surface area contributed by atoms with Crippen LogP contribution in [0.3, 0.4) is 0 Å². The van der Waals surface area contributed by atoms with Crippen LogP contribution in [0.4, 0.5) is 0 Å². The Hall–Kier alpha value is -0.823. The molecule has 0 aromatic carbocycles. The van der Waals surface area contributed by atoms with E-state index in [1.807, 2.05) is 24.2 Å². The van der Waals surface area contributed by atoms with Gasteiger partial charge >= 0.3 is 0 Å². The van der Waals surface area contributed by atoms with E-state index in [0.717, 1.165) is 33.7 Å². The number of rotatable bonds is 6. The van der Waals surface area contributed by atoms with Crippen molar-refractivity contribution in [3.8, 4) is 0 Å². The molecular weight excluding hydrogens is 372 g/mol. The average molecular weight is 399 g/mol. The lowest BCUT2D eigenvalue weighted by Crippen LogP contribution is -2.22. The van der Waals surface area contributed by atoms with Crippen LogP contribution < -0.4 is 0 Å². The zero-order valence-electron chi connectivity index (χ0n) is 14.7. The van der Waals surface area contributed by atoms with Gasteiger partial charge in [-0.15, -0.1) is 0 Å². The maximum Gasteiger partial charge on any atom is 0.123 e. The molecule has 0 fully saturated rings. The van der Waals surface area contributed by atoms with Crippen molar-refractivity contribution in [3.63, 3.8) is 0 Å². The molecule has 1 aliphatic heterocycles. The van der Waals surface area contributed by atoms with Crippen molar-refractivity contribution in [2.24, 2.45) is 0 Å². The summed E-state index contributed by atoms with van der Waals surface area (Å²) in [6, 6.07) is 3.33. The third kappa shape index (κ3) is 4.38. The summed E-state index contributed by atoms with van der Waals surface area (Å²) in [5.41, 5.74) is 4.43. The van der Waals surface area contributed by atoms with Crippen LogP contribution in [0.1, 0.15) is 17.0 Å². The van der Waals surface area contributed by atoms with E-state index in [9.17, 15) is 5.11 Å². The molecule has 2 rings (SSSR count). The topological polar surface area (TPSA) is 37.6 Å². The number of nitrogens with zero attached hydrogens (tertiary/aromatic N) is 2. The van der Waals surface area contributed by atoms with Crippen LogP contribution in [0.2, 0.25) is 25.7 Å². The Morgan fingerprint density at radius 3 is 2.65 bits per heavy atom. The van der Waals surface area contributed by atoms with Crippen molar-refractivity contribution < 1.29 is 9.84 Å². The Labute approximate surface area is 148 Å². The predicted octanol–water partition coefficient (Wildman–Crippen LogP) is 4.08. The number of aliphatic hydroxyl groups excluding tert-OH is 1. The van der Waals surface area contributed by atoms with Gasteiger partial charge in [0.25, 0.3) is 0 Å². The summed E-state index contributed by atoms with van der Waals surface area (Å²) < 4.78 is 9.17. The summed E-state index contributed by atoms with van der Waals surface area (Å²) in [6.07, 6.45) is 3.87. The van der Waals surface area contributed by atoms with Gasteiger partial charge in [0.1, 0.15) is 6.73 Å². The number of aromatic nitrogens is 1. The molecule has 128 valence electrons.